The fourth-order valence-corrected chi connectivity index (χ4v) is 1.92. The van der Waals surface area contributed by atoms with Crippen LogP contribution in [0.1, 0.15) is 19.8 Å². The number of nitrogens with one attached hydrogen (secondary N) is 1. The maximum absolute atomic E-state index is 11.8. The number of anilines is 1. The van der Waals surface area contributed by atoms with Crippen LogP contribution in [0.3, 0.4) is 0 Å². The molecule has 0 heterocycles. The van der Waals surface area contributed by atoms with Gasteiger partial charge in [0.15, 0.2) is 0 Å². The van der Waals surface area contributed by atoms with E-state index in [1.54, 1.807) is 25.3 Å². The van der Waals surface area contributed by atoms with E-state index < -0.39 is 5.92 Å². The summed E-state index contributed by atoms with van der Waals surface area (Å²) < 4.78 is 5.95. The lowest BCUT2D eigenvalue weighted by Gasteiger charge is -2.11. The second-order valence-corrected chi connectivity index (χ2v) is 4.66. The van der Waals surface area contributed by atoms with Crippen LogP contribution in [0.15, 0.2) is 22.7 Å². The van der Waals surface area contributed by atoms with Gasteiger partial charge in [0.1, 0.15) is 11.7 Å². The zero-order valence-corrected chi connectivity index (χ0v) is 12.0. The number of nitriles is 1. The summed E-state index contributed by atoms with van der Waals surface area (Å²) in [6.45, 7) is 1.94. The van der Waals surface area contributed by atoms with Gasteiger partial charge >= 0.3 is 0 Å². The van der Waals surface area contributed by atoms with Crippen molar-refractivity contribution in [1.29, 1.82) is 5.26 Å². The van der Waals surface area contributed by atoms with Gasteiger partial charge in [-0.05, 0) is 34.5 Å². The maximum atomic E-state index is 11.8. The molecule has 1 rings (SSSR count). The van der Waals surface area contributed by atoms with E-state index in [1.165, 1.54) is 0 Å². The molecule has 1 unspecified atom stereocenters. The van der Waals surface area contributed by atoms with Gasteiger partial charge in [0.25, 0.3) is 0 Å². The van der Waals surface area contributed by atoms with Crippen molar-refractivity contribution in [1.82, 2.24) is 0 Å². The first-order valence-electron chi connectivity index (χ1n) is 5.66. The highest BCUT2D eigenvalue weighted by molar-refractivity contribution is 9.10. The normalized spacial score (nSPS) is 11.4. The Bertz CT molecular complexity index is 469. The number of hydrogen-bond donors (Lipinski definition) is 1. The number of methoxy groups -OCH3 is 1. The van der Waals surface area contributed by atoms with E-state index >= 15 is 0 Å². The zero-order valence-electron chi connectivity index (χ0n) is 10.4. The van der Waals surface area contributed by atoms with Gasteiger partial charge in [-0.15, -0.1) is 0 Å². The van der Waals surface area contributed by atoms with E-state index in [0.717, 1.165) is 10.9 Å². The van der Waals surface area contributed by atoms with Gasteiger partial charge < -0.3 is 10.1 Å². The van der Waals surface area contributed by atoms with E-state index in [4.69, 9.17) is 10.00 Å². The molecule has 4 nitrogen and oxygen atoms in total. The summed E-state index contributed by atoms with van der Waals surface area (Å²) in [5.41, 5.74) is 0.622. The number of hydrogen-bond acceptors (Lipinski definition) is 3. The Morgan fingerprint density at radius 3 is 2.89 bits per heavy atom. The third kappa shape index (κ3) is 3.74. The maximum Gasteiger partial charge on any atom is 0.241 e. The predicted octanol–water partition coefficient (Wildman–Crippen LogP) is 3.34. The van der Waals surface area contributed by atoms with Gasteiger partial charge in [0.2, 0.25) is 5.91 Å². The molecule has 0 aliphatic carbocycles. The molecule has 1 aromatic rings. The van der Waals surface area contributed by atoms with Crippen LogP contribution in [0.25, 0.3) is 0 Å². The number of halogens is 1. The van der Waals surface area contributed by atoms with Crippen LogP contribution in [0, 0.1) is 17.2 Å². The Hall–Kier alpha value is -1.54. The monoisotopic (exact) mass is 310 g/mol. The highest BCUT2D eigenvalue weighted by Crippen LogP contribution is 2.28. The second-order valence-electron chi connectivity index (χ2n) is 3.81. The molecule has 0 spiro atoms. The molecule has 1 aromatic carbocycles. The van der Waals surface area contributed by atoms with Crippen molar-refractivity contribution in [2.45, 2.75) is 19.8 Å². The largest absolute Gasteiger partial charge is 0.495 e. The molecule has 0 saturated heterocycles. The number of rotatable bonds is 5. The quantitative estimate of drug-likeness (QED) is 0.907. The van der Waals surface area contributed by atoms with Gasteiger partial charge in [-0.3, -0.25) is 4.79 Å². The van der Waals surface area contributed by atoms with Crippen LogP contribution in [0.4, 0.5) is 5.69 Å². The zero-order chi connectivity index (χ0) is 13.5. The van der Waals surface area contributed by atoms with Crippen molar-refractivity contribution in [2.75, 3.05) is 12.4 Å². The Kier molecular flexibility index (Phi) is 5.66. The summed E-state index contributed by atoms with van der Waals surface area (Å²) in [5, 5.41) is 11.6. The molecule has 1 amide bonds. The topological polar surface area (TPSA) is 62.1 Å². The van der Waals surface area contributed by atoms with Crippen molar-refractivity contribution >= 4 is 27.5 Å². The summed E-state index contributed by atoms with van der Waals surface area (Å²) in [6.07, 6.45) is 1.37. The average molecular weight is 311 g/mol. The minimum absolute atomic E-state index is 0.274. The molecule has 0 aliphatic heterocycles. The molecular formula is C13H15BrN2O2. The summed E-state index contributed by atoms with van der Waals surface area (Å²) >= 11 is 3.33. The summed E-state index contributed by atoms with van der Waals surface area (Å²) in [5.74, 6) is -0.245. The molecule has 0 aromatic heterocycles. The third-order valence-corrected chi connectivity index (χ3v) is 3.12. The van der Waals surface area contributed by atoms with Gasteiger partial charge in [-0.1, -0.05) is 13.3 Å². The number of ether oxygens (including phenoxy) is 1. The Morgan fingerprint density at radius 1 is 1.61 bits per heavy atom. The molecule has 1 atom stereocenters. The van der Waals surface area contributed by atoms with Crippen molar-refractivity contribution in [3.8, 4) is 11.8 Å². The first-order valence-corrected chi connectivity index (χ1v) is 6.45. The third-order valence-electron chi connectivity index (χ3n) is 2.47. The molecule has 0 radical (unpaired) electrons. The summed E-state index contributed by atoms with van der Waals surface area (Å²) in [4.78, 5) is 11.8. The molecular weight excluding hydrogens is 296 g/mol. The van der Waals surface area contributed by atoms with Crippen molar-refractivity contribution in [3.05, 3.63) is 22.7 Å². The SMILES string of the molecule is CCCC(C#N)C(=O)Nc1ccc(Br)c(OC)c1. The smallest absolute Gasteiger partial charge is 0.241 e. The molecule has 0 aliphatic rings. The molecule has 0 fully saturated rings. The van der Waals surface area contributed by atoms with Gasteiger partial charge in [-0.25, -0.2) is 0 Å². The van der Waals surface area contributed by atoms with Gasteiger partial charge in [0, 0.05) is 11.8 Å². The van der Waals surface area contributed by atoms with E-state index in [0.29, 0.717) is 17.9 Å². The predicted molar refractivity (Wildman–Crippen MR) is 73.3 cm³/mol. The van der Waals surface area contributed by atoms with Gasteiger partial charge in [0.05, 0.1) is 17.7 Å². The van der Waals surface area contributed by atoms with Crippen molar-refractivity contribution in [2.24, 2.45) is 5.92 Å². The number of carbonyl (C=O) groups is 1. The Morgan fingerprint density at radius 2 is 2.33 bits per heavy atom. The number of nitrogens with zero attached hydrogens (tertiary/aromatic N) is 1. The lowest BCUT2D eigenvalue weighted by atomic mass is 10.0. The molecule has 96 valence electrons. The van der Waals surface area contributed by atoms with Crippen LogP contribution >= 0.6 is 15.9 Å². The number of carbonyl (C=O) groups excluding carboxylic acids is 1. The molecule has 5 heteroatoms. The van der Waals surface area contributed by atoms with E-state index in [9.17, 15) is 4.79 Å². The molecule has 0 bridgehead atoms. The first-order chi connectivity index (χ1) is 8.62. The average Bonchev–Trinajstić information content (AvgIpc) is 2.38. The fourth-order valence-electron chi connectivity index (χ4n) is 1.51. The second kappa shape index (κ2) is 7.02. The van der Waals surface area contributed by atoms with E-state index in [-0.39, 0.29) is 5.91 Å². The minimum Gasteiger partial charge on any atom is -0.495 e. The summed E-state index contributed by atoms with van der Waals surface area (Å²) in [7, 11) is 1.56. The molecule has 18 heavy (non-hydrogen) atoms. The van der Waals surface area contributed by atoms with Crippen molar-refractivity contribution < 1.29 is 9.53 Å². The summed E-state index contributed by atoms with van der Waals surface area (Å²) in [6, 6.07) is 7.26. The number of amides is 1. The van der Waals surface area contributed by atoms with E-state index in [2.05, 4.69) is 21.2 Å². The Labute approximate surface area is 115 Å². The highest BCUT2D eigenvalue weighted by Gasteiger charge is 2.17. The van der Waals surface area contributed by atoms with Gasteiger partial charge in [-0.2, -0.15) is 5.26 Å². The molecule has 0 saturated carbocycles. The lowest BCUT2D eigenvalue weighted by molar-refractivity contribution is -0.118. The highest BCUT2D eigenvalue weighted by atomic mass is 79.9. The number of benzene rings is 1. The van der Waals surface area contributed by atoms with Crippen LogP contribution < -0.4 is 10.1 Å². The minimum atomic E-state index is -0.607. The van der Waals surface area contributed by atoms with Crippen LogP contribution in [-0.4, -0.2) is 13.0 Å². The Balaban J connectivity index is 2.78. The van der Waals surface area contributed by atoms with Crippen LogP contribution in [0.5, 0.6) is 5.75 Å². The standard InChI is InChI=1S/C13H15BrN2O2/c1-3-4-9(8-15)13(17)16-10-5-6-11(14)12(7-10)18-2/h5-7,9H,3-4H2,1-2H3,(H,16,17). The fraction of sp³-hybridized carbons (Fsp3) is 0.385. The van der Waals surface area contributed by atoms with Crippen LogP contribution in [-0.2, 0) is 4.79 Å². The lowest BCUT2D eigenvalue weighted by Crippen LogP contribution is -2.21. The first kappa shape index (κ1) is 14.5. The van der Waals surface area contributed by atoms with Crippen molar-refractivity contribution in [3.63, 3.8) is 0 Å². The van der Waals surface area contributed by atoms with E-state index in [1.807, 2.05) is 13.0 Å². The molecule has 1 N–H and O–H groups in total. The van der Waals surface area contributed by atoms with Crippen LogP contribution in [0.2, 0.25) is 0 Å².